The van der Waals surface area contributed by atoms with E-state index in [2.05, 4.69) is 121 Å². The van der Waals surface area contributed by atoms with Gasteiger partial charge in [-0.15, -0.1) is 0 Å². The van der Waals surface area contributed by atoms with Gasteiger partial charge in [-0.2, -0.15) is 13.2 Å². The van der Waals surface area contributed by atoms with Crippen molar-refractivity contribution in [1.29, 1.82) is 0 Å². The molecule has 0 fully saturated rings. The number of alkyl halides is 3. The van der Waals surface area contributed by atoms with E-state index in [1.54, 1.807) is 0 Å². The highest BCUT2D eigenvalue weighted by molar-refractivity contribution is 7.31. The van der Waals surface area contributed by atoms with Crippen LogP contribution in [0.3, 0.4) is 0 Å². The van der Waals surface area contributed by atoms with Crippen LogP contribution in [0, 0.1) is 5.41 Å². The summed E-state index contributed by atoms with van der Waals surface area (Å²) in [4.78, 5) is 4.85. The Labute approximate surface area is 313 Å². The molecule has 0 N–H and O–H groups in total. The Morgan fingerprint density at radius 1 is 0.679 bits per heavy atom. The van der Waals surface area contributed by atoms with E-state index in [0.717, 1.165) is 45.2 Å². The van der Waals surface area contributed by atoms with Crippen LogP contribution in [-0.2, 0) is 34.3 Å². The number of fused-ring (bicyclic) bond motifs is 4. The standard InChI is InChI=1S/C44H55F3NO4P/c1-39(2,3)27-19-29-30-20-28(40(4,5)6)22-32(42(10,11)12)37(30)52-53(51-36(29)31(21-27)41(7,8)9)50-34-24-43(13,14)23-33-35(34)48-38(49-33)25-15-17-26(18-16-25)44(45,46)47/h15-22,34H,23-24H2,1-14H3/t34-/m0/s1. The fourth-order valence-corrected chi connectivity index (χ4v) is 8.21. The Balaban J connectivity index is 1.63. The average molecular weight is 750 g/mol. The van der Waals surface area contributed by atoms with Crippen LogP contribution in [0.5, 0.6) is 0 Å². The van der Waals surface area contributed by atoms with Gasteiger partial charge in [-0.25, -0.2) is 4.98 Å². The zero-order valence-electron chi connectivity index (χ0n) is 33.8. The second-order valence-electron chi connectivity index (χ2n) is 19.7. The maximum atomic E-state index is 13.3. The van der Waals surface area contributed by atoms with Crippen molar-refractivity contribution in [3.63, 3.8) is 0 Å². The van der Waals surface area contributed by atoms with Crippen molar-refractivity contribution >= 4 is 30.2 Å². The fraction of sp³-hybridized carbons (Fsp3) is 0.523. The summed E-state index contributed by atoms with van der Waals surface area (Å²) in [5.41, 5.74) is 5.42. The Morgan fingerprint density at radius 3 is 1.57 bits per heavy atom. The minimum Gasteiger partial charge on any atom is -0.441 e. The summed E-state index contributed by atoms with van der Waals surface area (Å²) in [7, 11) is -2.03. The number of hydrogen-bond donors (Lipinski definition) is 0. The quantitative estimate of drug-likeness (QED) is 0.184. The SMILES string of the molecule is CC1(C)Cc2oc(-c3ccc(C(F)(F)F)cc3)nc2[C@@H](Op2oc3c(C(C)(C)C)cc(C(C)(C)C)cc3c3cc(C(C)(C)C)cc(C(C)(C)C)c3o2)C1. The largest absolute Gasteiger partial charge is 0.441 e. The molecule has 9 heteroatoms. The maximum absolute atomic E-state index is 13.3. The van der Waals surface area contributed by atoms with Crippen LogP contribution in [0.4, 0.5) is 13.2 Å². The minimum atomic E-state index is -4.43. The molecule has 0 aliphatic heterocycles. The van der Waals surface area contributed by atoms with Crippen LogP contribution in [0.1, 0.15) is 149 Å². The first-order valence-corrected chi connectivity index (χ1v) is 19.6. The number of hydrogen-bond acceptors (Lipinski definition) is 5. The van der Waals surface area contributed by atoms with Gasteiger partial charge in [-0.1, -0.05) is 109 Å². The lowest BCUT2D eigenvalue weighted by Crippen LogP contribution is -2.27. The summed E-state index contributed by atoms with van der Waals surface area (Å²) >= 11 is 0. The Bertz CT molecular complexity index is 2120. The molecule has 5 aromatic rings. The molecule has 286 valence electrons. The molecule has 0 bridgehead atoms. The van der Waals surface area contributed by atoms with Crippen molar-refractivity contribution in [2.75, 3.05) is 0 Å². The van der Waals surface area contributed by atoms with Gasteiger partial charge in [0, 0.05) is 33.9 Å². The van der Waals surface area contributed by atoms with Crippen LogP contribution in [0.15, 0.2) is 61.3 Å². The van der Waals surface area contributed by atoms with Gasteiger partial charge in [0.2, 0.25) is 5.89 Å². The lowest BCUT2D eigenvalue weighted by Gasteiger charge is -2.32. The van der Waals surface area contributed by atoms with Gasteiger partial charge in [0.05, 0.1) is 5.56 Å². The summed E-state index contributed by atoms with van der Waals surface area (Å²) in [6, 6.07) is 14.0. The van der Waals surface area contributed by atoms with Gasteiger partial charge in [-0.05, 0) is 81.0 Å². The third-order valence-electron chi connectivity index (χ3n) is 10.2. The van der Waals surface area contributed by atoms with Crippen molar-refractivity contribution in [2.24, 2.45) is 5.41 Å². The first-order valence-electron chi connectivity index (χ1n) is 18.5. The lowest BCUT2D eigenvalue weighted by molar-refractivity contribution is -0.137. The van der Waals surface area contributed by atoms with Crippen molar-refractivity contribution in [3.8, 4) is 11.5 Å². The topological polar surface area (TPSA) is 61.5 Å². The molecule has 0 spiro atoms. The van der Waals surface area contributed by atoms with E-state index in [0.29, 0.717) is 29.9 Å². The monoisotopic (exact) mass is 749 g/mol. The molecule has 1 aliphatic rings. The third kappa shape index (κ3) is 8.01. The molecule has 0 saturated carbocycles. The van der Waals surface area contributed by atoms with Crippen LogP contribution >= 0.6 is 8.24 Å². The molecule has 5 nitrogen and oxygen atoms in total. The third-order valence-corrected chi connectivity index (χ3v) is 11.3. The molecular formula is C44H55F3NO4P. The molecule has 1 atom stereocenters. The molecule has 0 radical (unpaired) electrons. The molecule has 0 amide bonds. The van der Waals surface area contributed by atoms with Crippen molar-refractivity contribution in [2.45, 2.75) is 144 Å². The van der Waals surface area contributed by atoms with Crippen molar-refractivity contribution < 1.29 is 30.5 Å². The number of benzene rings is 3. The predicted molar refractivity (Wildman–Crippen MR) is 209 cm³/mol. The summed E-state index contributed by atoms with van der Waals surface area (Å²) in [6.45, 7) is 30.9. The molecule has 3 aromatic carbocycles. The van der Waals surface area contributed by atoms with Crippen LogP contribution in [0.25, 0.3) is 33.4 Å². The van der Waals surface area contributed by atoms with Gasteiger partial charge in [0.15, 0.2) is 0 Å². The summed E-state index contributed by atoms with van der Waals surface area (Å²) in [6.07, 6.45) is -3.75. The van der Waals surface area contributed by atoms with E-state index in [1.165, 1.54) is 23.3 Å². The Hall–Kier alpha value is -3.48. The predicted octanol–water partition coefficient (Wildman–Crippen LogP) is 14.3. The zero-order chi connectivity index (χ0) is 39.3. The van der Waals surface area contributed by atoms with Gasteiger partial charge in [-0.3, -0.25) is 4.52 Å². The number of oxazole rings is 1. The first kappa shape index (κ1) is 39.2. The normalized spacial score (nSPS) is 17.0. The zero-order valence-corrected chi connectivity index (χ0v) is 34.7. The molecule has 53 heavy (non-hydrogen) atoms. The number of rotatable bonds is 3. The molecule has 2 heterocycles. The highest BCUT2D eigenvalue weighted by atomic mass is 31.1. The molecule has 1 aliphatic carbocycles. The van der Waals surface area contributed by atoms with Crippen LogP contribution in [0.2, 0.25) is 0 Å². The summed E-state index contributed by atoms with van der Waals surface area (Å²) in [5.74, 6) is 0.915. The molecular weight excluding hydrogens is 694 g/mol. The van der Waals surface area contributed by atoms with E-state index < -0.39 is 26.1 Å². The molecule has 0 unspecified atom stereocenters. The molecule has 0 saturated heterocycles. The van der Waals surface area contributed by atoms with E-state index in [1.807, 2.05) is 0 Å². The molecule has 6 rings (SSSR count). The second kappa shape index (κ2) is 12.8. The number of nitrogens with zero attached hydrogens (tertiary/aromatic N) is 1. The van der Waals surface area contributed by atoms with E-state index >= 15 is 0 Å². The van der Waals surface area contributed by atoms with E-state index in [-0.39, 0.29) is 33.0 Å². The van der Waals surface area contributed by atoms with E-state index in [4.69, 9.17) is 22.3 Å². The maximum Gasteiger partial charge on any atom is 0.416 e. The van der Waals surface area contributed by atoms with Crippen molar-refractivity contribution in [1.82, 2.24) is 4.98 Å². The minimum absolute atomic E-state index is 0.125. The van der Waals surface area contributed by atoms with Gasteiger partial charge in [0.25, 0.3) is 0 Å². The highest BCUT2D eigenvalue weighted by Crippen LogP contribution is 2.49. The second-order valence-corrected chi connectivity index (χ2v) is 20.8. The smallest absolute Gasteiger partial charge is 0.416 e. The summed E-state index contributed by atoms with van der Waals surface area (Å²) in [5, 5.41) is 1.97. The Morgan fingerprint density at radius 2 is 1.15 bits per heavy atom. The first-order chi connectivity index (χ1) is 24.1. The van der Waals surface area contributed by atoms with E-state index in [9.17, 15) is 13.2 Å². The van der Waals surface area contributed by atoms with Gasteiger partial charge >= 0.3 is 14.4 Å². The number of halogens is 3. The average Bonchev–Trinajstić information content (AvgIpc) is 3.34. The molecule has 2 aromatic heterocycles. The lowest BCUT2D eigenvalue weighted by atomic mass is 9.77. The van der Waals surface area contributed by atoms with Crippen molar-refractivity contribution in [3.05, 3.63) is 87.8 Å². The van der Waals surface area contributed by atoms with Gasteiger partial charge < -0.3 is 12.8 Å². The Kier molecular flexibility index (Phi) is 9.47. The number of aromatic nitrogens is 1. The summed E-state index contributed by atoms with van der Waals surface area (Å²) < 4.78 is 67.3. The fourth-order valence-electron chi connectivity index (χ4n) is 7.01. The van der Waals surface area contributed by atoms with Gasteiger partial charge in [0.1, 0.15) is 28.7 Å². The van der Waals surface area contributed by atoms with Crippen LogP contribution in [-0.4, -0.2) is 4.98 Å². The van der Waals surface area contributed by atoms with Crippen LogP contribution < -0.4 is 4.52 Å². The highest BCUT2D eigenvalue weighted by Gasteiger charge is 2.39.